The van der Waals surface area contributed by atoms with Crippen molar-refractivity contribution in [3.05, 3.63) is 55.7 Å². The second kappa shape index (κ2) is 12.5. The van der Waals surface area contributed by atoms with Gasteiger partial charge in [-0.3, -0.25) is 14.4 Å². The van der Waals surface area contributed by atoms with E-state index in [1.54, 1.807) is 20.8 Å². The number of ketones is 3. The molecule has 0 radical (unpaired) electrons. The zero-order valence-electron chi connectivity index (χ0n) is 19.9. The Bertz CT molecular complexity index is 900. The van der Waals surface area contributed by atoms with Crippen molar-refractivity contribution in [3.63, 3.8) is 0 Å². The minimum absolute atomic E-state index is 0.0243. The third-order valence-corrected chi connectivity index (χ3v) is 7.73. The lowest BCUT2D eigenvalue weighted by atomic mass is 9.75. The molecule has 0 spiro atoms. The van der Waals surface area contributed by atoms with Gasteiger partial charge in [-0.25, -0.2) is 0 Å². The molecule has 0 N–H and O–H groups in total. The van der Waals surface area contributed by atoms with Crippen LogP contribution >= 0.6 is 22.9 Å². The van der Waals surface area contributed by atoms with Crippen molar-refractivity contribution in [3.8, 4) is 0 Å². The maximum Gasteiger partial charge on any atom is 0.161 e. The second-order valence-corrected chi connectivity index (χ2v) is 10.6. The molecule has 5 heteroatoms. The summed E-state index contributed by atoms with van der Waals surface area (Å²) >= 11 is 7.42. The van der Waals surface area contributed by atoms with Crippen molar-refractivity contribution in [2.75, 3.05) is 0 Å². The highest BCUT2D eigenvalue weighted by molar-refractivity contribution is 7.12. The third kappa shape index (κ3) is 7.38. The maximum absolute atomic E-state index is 11.3. The Morgan fingerprint density at radius 2 is 1.38 bits per heavy atom. The summed E-state index contributed by atoms with van der Waals surface area (Å²) in [6.45, 7) is 8.97. The van der Waals surface area contributed by atoms with Crippen molar-refractivity contribution < 1.29 is 14.4 Å². The molecule has 2 unspecified atom stereocenters. The van der Waals surface area contributed by atoms with E-state index in [4.69, 9.17) is 11.6 Å². The average molecular weight is 475 g/mol. The van der Waals surface area contributed by atoms with Gasteiger partial charge in [0.25, 0.3) is 0 Å². The SMILES string of the molecule is CC(=O)C1CCCCC1C(C)=O.CC(=O)c1c(C)sc2c1CCC2.Cc1ccc(Cl)cc1. The summed E-state index contributed by atoms with van der Waals surface area (Å²) in [7, 11) is 0. The van der Waals surface area contributed by atoms with Crippen molar-refractivity contribution >= 4 is 40.3 Å². The number of halogens is 1. The van der Waals surface area contributed by atoms with Crippen LogP contribution in [0.1, 0.15) is 84.1 Å². The van der Waals surface area contributed by atoms with Gasteiger partial charge in [-0.15, -0.1) is 11.3 Å². The summed E-state index contributed by atoms with van der Waals surface area (Å²) in [5.74, 6) is 0.671. The number of Topliss-reactive ketones (excluding diaryl/α,β-unsaturated/α-hetero) is 3. The Hall–Kier alpha value is -1.78. The van der Waals surface area contributed by atoms with Gasteiger partial charge in [0.15, 0.2) is 5.78 Å². The molecule has 174 valence electrons. The minimum Gasteiger partial charge on any atom is -0.300 e. The van der Waals surface area contributed by atoms with Gasteiger partial charge in [-0.05, 0) is 84.4 Å². The van der Waals surface area contributed by atoms with Crippen molar-refractivity contribution in [2.45, 2.75) is 79.6 Å². The number of hydrogen-bond acceptors (Lipinski definition) is 4. The molecule has 0 bridgehead atoms. The molecule has 1 aromatic heterocycles. The number of thiophene rings is 1. The number of fused-ring (bicyclic) bond motifs is 1. The lowest BCUT2D eigenvalue weighted by molar-refractivity contribution is -0.131. The molecule has 2 aliphatic carbocycles. The summed E-state index contributed by atoms with van der Waals surface area (Å²) in [6, 6.07) is 7.75. The van der Waals surface area contributed by atoms with Crippen LogP contribution in [0, 0.1) is 25.7 Å². The molecule has 0 amide bonds. The molecule has 1 aromatic carbocycles. The highest BCUT2D eigenvalue weighted by Gasteiger charge is 2.31. The van der Waals surface area contributed by atoms with E-state index in [-0.39, 0.29) is 29.2 Å². The van der Waals surface area contributed by atoms with Crippen LogP contribution in [-0.4, -0.2) is 17.3 Å². The molecular formula is C27H35ClO3S. The van der Waals surface area contributed by atoms with Crippen molar-refractivity contribution in [2.24, 2.45) is 11.8 Å². The van der Waals surface area contributed by atoms with Crippen LogP contribution in [0.15, 0.2) is 24.3 Å². The number of benzene rings is 1. The Morgan fingerprint density at radius 1 is 0.844 bits per heavy atom. The zero-order valence-corrected chi connectivity index (χ0v) is 21.5. The monoisotopic (exact) mass is 474 g/mol. The first-order chi connectivity index (χ1) is 15.1. The van der Waals surface area contributed by atoms with Gasteiger partial charge in [0, 0.05) is 32.2 Å². The Labute approximate surface area is 201 Å². The smallest absolute Gasteiger partial charge is 0.161 e. The molecule has 32 heavy (non-hydrogen) atoms. The molecule has 0 saturated heterocycles. The quantitative estimate of drug-likeness (QED) is 0.436. The average Bonchev–Trinajstić information content (AvgIpc) is 3.30. The predicted molar refractivity (Wildman–Crippen MR) is 134 cm³/mol. The molecule has 3 nitrogen and oxygen atoms in total. The number of rotatable bonds is 3. The van der Waals surface area contributed by atoms with E-state index in [2.05, 4.69) is 6.92 Å². The third-order valence-electron chi connectivity index (χ3n) is 6.27. The summed E-state index contributed by atoms with van der Waals surface area (Å²) < 4.78 is 0. The zero-order chi connectivity index (χ0) is 23.8. The van der Waals surface area contributed by atoms with Gasteiger partial charge in [-0.2, -0.15) is 0 Å². The van der Waals surface area contributed by atoms with Gasteiger partial charge >= 0.3 is 0 Å². The molecular weight excluding hydrogens is 440 g/mol. The van der Waals surface area contributed by atoms with Crippen LogP contribution in [0.4, 0.5) is 0 Å². The van der Waals surface area contributed by atoms with E-state index in [1.807, 2.05) is 42.5 Å². The lowest BCUT2D eigenvalue weighted by Crippen LogP contribution is -2.30. The van der Waals surface area contributed by atoms with E-state index in [0.717, 1.165) is 42.7 Å². The summed E-state index contributed by atoms with van der Waals surface area (Å²) in [4.78, 5) is 36.3. The van der Waals surface area contributed by atoms with E-state index in [0.29, 0.717) is 0 Å². The normalized spacial score (nSPS) is 19.1. The van der Waals surface area contributed by atoms with Crippen LogP contribution in [0.2, 0.25) is 5.02 Å². The molecule has 4 rings (SSSR count). The van der Waals surface area contributed by atoms with Gasteiger partial charge in [0.2, 0.25) is 0 Å². The number of carbonyl (C=O) groups excluding carboxylic acids is 3. The summed E-state index contributed by atoms with van der Waals surface area (Å²) in [6.07, 6.45) is 7.59. The van der Waals surface area contributed by atoms with Crippen LogP contribution in [-0.2, 0) is 22.4 Å². The minimum atomic E-state index is 0.0243. The second-order valence-electron chi connectivity index (χ2n) is 8.86. The standard InChI is InChI=1S/C10H16O2.C10H12OS.C7H7Cl/c1-7(11)9-5-3-4-6-10(9)8(2)12;1-6(11)10-7(2)12-9-5-3-4-8(9)10;1-6-2-4-7(8)5-3-6/h9-10H,3-6H2,1-2H3;3-5H2,1-2H3;2-5H,1H3. The molecule has 1 saturated carbocycles. The van der Waals surface area contributed by atoms with Gasteiger partial charge in [0.1, 0.15) is 11.6 Å². The van der Waals surface area contributed by atoms with Crippen LogP contribution < -0.4 is 0 Å². The topological polar surface area (TPSA) is 51.2 Å². The fraction of sp³-hybridized carbons (Fsp3) is 0.519. The Kier molecular flexibility index (Phi) is 10.3. The van der Waals surface area contributed by atoms with Crippen molar-refractivity contribution in [1.82, 2.24) is 0 Å². The maximum atomic E-state index is 11.3. The first-order valence-electron chi connectivity index (χ1n) is 11.5. The molecule has 2 aromatic rings. The van der Waals surface area contributed by atoms with Crippen LogP contribution in [0.3, 0.4) is 0 Å². The van der Waals surface area contributed by atoms with Gasteiger partial charge < -0.3 is 0 Å². The van der Waals surface area contributed by atoms with E-state index >= 15 is 0 Å². The van der Waals surface area contributed by atoms with Crippen molar-refractivity contribution in [1.29, 1.82) is 0 Å². The van der Waals surface area contributed by atoms with Gasteiger partial charge in [-0.1, -0.05) is 42.1 Å². The van der Waals surface area contributed by atoms with Crippen LogP contribution in [0.5, 0.6) is 0 Å². The lowest BCUT2D eigenvalue weighted by Gasteiger charge is -2.27. The summed E-state index contributed by atoms with van der Waals surface area (Å²) in [5, 5.41) is 0.801. The first-order valence-corrected chi connectivity index (χ1v) is 12.7. The highest BCUT2D eigenvalue weighted by atomic mass is 35.5. The van der Waals surface area contributed by atoms with E-state index in [1.165, 1.54) is 33.7 Å². The van der Waals surface area contributed by atoms with E-state index in [9.17, 15) is 14.4 Å². The molecule has 2 atom stereocenters. The Balaban J connectivity index is 0.000000174. The first kappa shape index (κ1) is 26.5. The fourth-order valence-corrected chi connectivity index (χ4v) is 6.08. The molecule has 1 heterocycles. The Morgan fingerprint density at radius 3 is 1.81 bits per heavy atom. The summed E-state index contributed by atoms with van der Waals surface area (Å²) in [5.41, 5.74) is 3.62. The number of carbonyl (C=O) groups is 3. The fourth-order valence-electron chi connectivity index (χ4n) is 4.64. The van der Waals surface area contributed by atoms with Crippen LogP contribution in [0.25, 0.3) is 0 Å². The predicted octanol–water partition coefficient (Wildman–Crippen LogP) is 7.37. The number of hydrogen-bond donors (Lipinski definition) is 0. The highest BCUT2D eigenvalue weighted by Crippen LogP contribution is 2.35. The number of aryl methyl sites for hydroxylation is 3. The van der Waals surface area contributed by atoms with Gasteiger partial charge in [0.05, 0.1) is 0 Å². The largest absolute Gasteiger partial charge is 0.300 e. The molecule has 0 aliphatic heterocycles. The molecule has 2 aliphatic rings. The van der Waals surface area contributed by atoms with E-state index < -0.39 is 0 Å². The molecule has 1 fully saturated rings.